The Labute approximate surface area is 86.0 Å². The molecule has 2 aliphatic heterocycles. The van der Waals surface area contributed by atoms with Gasteiger partial charge in [0.1, 0.15) is 0 Å². The van der Waals surface area contributed by atoms with Gasteiger partial charge in [0.2, 0.25) is 0 Å². The minimum atomic E-state index is 0.594. The number of hydrogen-bond acceptors (Lipinski definition) is 3. The Morgan fingerprint density at radius 2 is 2.07 bits per heavy atom. The second-order valence-corrected chi connectivity index (χ2v) is 5.15. The van der Waals surface area contributed by atoms with E-state index in [9.17, 15) is 0 Å². The largest absolute Gasteiger partial charge is 0.375 e. The monoisotopic (exact) mass is 196 g/mol. The van der Waals surface area contributed by atoms with Gasteiger partial charge in [-0.15, -0.1) is 0 Å². The summed E-state index contributed by atoms with van der Waals surface area (Å²) in [5, 5.41) is 0. The first-order chi connectivity index (χ1) is 6.75. The maximum atomic E-state index is 5.62. The predicted octanol–water partition coefficient (Wildman–Crippen LogP) is 0.552. The Balaban J connectivity index is 1.53. The summed E-state index contributed by atoms with van der Waals surface area (Å²) in [5.74, 6) is 0. The van der Waals surface area contributed by atoms with Gasteiger partial charge in [-0.05, 0) is 20.3 Å². The minimum Gasteiger partial charge on any atom is -0.375 e. The second-order valence-electron chi connectivity index (χ2n) is 5.15. The molecule has 0 N–H and O–H groups in total. The maximum absolute atomic E-state index is 5.62. The molecular weight excluding hydrogens is 176 g/mol. The lowest BCUT2D eigenvalue weighted by Gasteiger charge is -2.48. The predicted molar refractivity (Wildman–Crippen MR) is 55.3 cm³/mol. The first kappa shape index (κ1) is 9.13. The molecule has 0 spiro atoms. The average Bonchev–Trinajstić information content (AvgIpc) is 2.79. The molecule has 1 aliphatic carbocycles. The summed E-state index contributed by atoms with van der Waals surface area (Å²) in [4.78, 5) is 5.24. The number of nitrogens with zero attached hydrogens (tertiary/aromatic N) is 2. The zero-order valence-corrected chi connectivity index (χ0v) is 9.15. The van der Waals surface area contributed by atoms with Crippen LogP contribution in [0.25, 0.3) is 0 Å². The molecule has 0 radical (unpaired) electrons. The number of likely N-dealkylation sites (tertiary alicyclic amines) is 1. The normalized spacial score (nSPS) is 39.6. The summed E-state index contributed by atoms with van der Waals surface area (Å²) in [6.45, 7) is 9.25. The lowest BCUT2D eigenvalue weighted by Crippen LogP contribution is -2.63. The maximum Gasteiger partial charge on any atom is 0.0747 e. The molecule has 3 fully saturated rings. The second kappa shape index (κ2) is 3.19. The van der Waals surface area contributed by atoms with E-state index in [4.69, 9.17) is 4.74 Å². The fourth-order valence-electron chi connectivity index (χ4n) is 2.74. The van der Waals surface area contributed by atoms with Gasteiger partial charge in [0.15, 0.2) is 0 Å². The van der Waals surface area contributed by atoms with Crippen molar-refractivity contribution in [3.05, 3.63) is 0 Å². The third kappa shape index (κ3) is 1.38. The molecule has 80 valence electrons. The highest BCUT2D eigenvalue weighted by Gasteiger charge is 2.50. The van der Waals surface area contributed by atoms with Gasteiger partial charge >= 0.3 is 0 Å². The van der Waals surface area contributed by atoms with E-state index in [1.807, 2.05) is 0 Å². The van der Waals surface area contributed by atoms with Gasteiger partial charge < -0.3 is 4.74 Å². The molecule has 3 nitrogen and oxygen atoms in total. The van der Waals surface area contributed by atoms with E-state index in [-0.39, 0.29) is 0 Å². The van der Waals surface area contributed by atoms with Gasteiger partial charge in [-0.3, -0.25) is 9.80 Å². The Kier molecular flexibility index (Phi) is 2.08. The van der Waals surface area contributed by atoms with Crippen LogP contribution < -0.4 is 0 Å². The molecule has 0 aromatic heterocycles. The molecule has 2 atom stereocenters. The van der Waals surface area contributed by atoms with Gasteiger partial charge in [0.25, 0.3) is 0 Å². The highest BCUT2D eigenvalue weighted by atomic mass is 16.5. The summed E-state index contributed by atoms with van der Waals surface area (Å²) < 4.78 is 5.62. The molecule has 0 amide bonds. The molecule has 0 bridgehead atoms. The number of rotatable bonds is 2. The molecule has 2 saturated heterocycles. The molecule has 3 rings (SSSR count). The van der Waals surface area contributed by atoms with Crippen LogP contribution in [-0.2, 0) is 4.74 Å². The van der Waals surface area contributed by atoms with Crippen LogP contribution >= 0.6 is 0 Å². The Hall–Kier alpha value is -0.120. The van der Waals surface area contributed by atoms with Crippen molar-refractivity contribution in [3.8, 4) is 0 Å². The van der Waals surface area contributed by atoms with Crippen molar-refractivity contribution in [2.75, 3.05) is 26.2 Å². The van der Waals surface area contributed by atoms with Gasteiger partial charge in [-0.25, -0.2) is 0 Å². The summed E-state index contributed by atoms with van der Waals surface area (Å²) in [6.07, 6.45) is 1.88. The van der Waals surface area contributed by atoms with Crippen LogP contribution in [0.1, 0.15) is 20.3 Å². The minimum absolute atomic E-state index is 0.594. The van der Waals surface area contributed by atoms with Crippen LogP contribution in [0.4, 0.5) is 0 Å². The lowest BCUT2D eigenvalue weighted by atomic mass is 10.0. The van der Waals surface area contributed by atoms with E-state index >= 15 is 0 Å². The zero-order valence-electron chi connectivity index (χ0n) is 9.15. The van der Waals surface area contributed by atoms with Gasteiger partial charge in [-0.1, -0.05) is 0 Å². The van der Waals surface area contributed by atoms with Crippen molar-refractivity contribution in [2.24, 2.45) is 0 Å². The van der Waals surface area contributed by atoms with E-state index in [2.05, 4.69) is 23.6 Å². The van der Waals surface area contributed by atoms with Gasteiger partial charge in [0, 0.05) is 37.8 Å². The lowest BCUT2D eigenvalue weighted by molar-refractivity contribution is -0.0432. The molecule has 2 heterocycles. The van der Waals surface area contributed by atoms with Crippen LogP contribution in [0.15, 0.2) is 0 Å². The Bertz CT molecular complexity index is 225. The van der Waals surface area contributed by atoms with Gasteiger partial charge in [-0.2, -0.15) is 0 Å². The van der Waals surface area contributed by atoms with Crippen LogP contribution in [0.3, 0.4) is 0 Å². The molecule has 3 heteroatoms. The fraction of sp³-hybridized carbons (Fsp3) is 1.00. The van der Waals surface area contributed by atoms with Crippen molar-refractivity contribution in [1.29, 1.82) is 0 Å². The SMILES string of the molecule is CC(C)N1CC(N2CCOC3CC32)C1. The first-order valence-corrected chi connectivity index (χ1v) is 5.87. The van der Waals surface area contributed by atoms with E-state index in [1.54, 1.807) is 0 Å². The summed E-state index contributed by atoms with van der Waals surface area (Å²) in [6, 6.07) is 2.33. The topological polar surface area (TPSA) is 15.7 Å². The van der Waals surface area contributed by atoms with Crippen LogP contribution in [0, 0.1) is 0 Å². The number of ether oxygens (including phenoxy) is 1. The molecule has 3 aliphatic rings. The van der Waals surface area contributed by atoms with Crippen molar-refractivity contribution in [3.63, 3.8) is 0 Å². The zero-order chi connectivity index (χ0) is 9.71. The van der Waals surface area contributed by atoms with Crippen molar-refractivity contribution >= 4 is 0 Å². The third-order valence-corrected chi connectivity index (χ3v) is 3.90. The Morgan fingerprint density at radius 1 is 1.29 bits per heavy atom. The molecule has 0 aromatic rings. The number of fused-ring (bicyclic) bond motifs is 1. The molecule has 14 heavy (non-hydrogen) atoms. The summed E-state index contributed by atoms with van der Waals surface area (Å²) in [5.41, 5.74) is 0. The van der Waals surface area contributed by atoms with E-state index < -0.39 is 0 Å². The number of hydrogen-bond donors (Lipinski definition) is 0. The van der Waals surface area contributed by atoms with Crippen molar-refractivity contribution in [1.82, 2.24) is 9.80 Å². The van der Waals surface area contributed by atoms with Crippen molar-refractivity contribution in [2.45, 2.75) is 44.5 Å². The van der Waals surface area contributed by atoms with Crippen LogP contribution in [-0.4, -0.2) is 60.3 Å². The molecule has 2 unspecified atom stereocenters. The molecule has 1 saturated carbocycles. The fourth-order valence-corrected chi connectivity index (χ4v) is 2.74. The quantitative estimate of drug-likeness (QED) is 0.641. The summed E-state index contributed by atoms with van der Waals surface area (Å²) in [7, 11) is 0. The highest BCUT2D eigenvalue weighted by Crippen LogP contribution is 2.37. The van der Waals surface area contributed by atoms with Gasteiger partial charge in [0.05, 0.1) is 12.7 Å². The number of morpholine rings is 1. The molecule has 0 aromatic carbocycles. The summed E-state index contributed by atoms with van der Waals surface area (Å²) >= 11 is 0. The van der Waals surface area contributed by atoms with E-state index in [1.165, 1.54) is 19.5 Å². The molecular formula is C11H20N2O. The average molecular weight is 196 g/mol. The van der Waals surface area contributed by atoms with E-state index in [0.29, 0.717) is 6.10 Å². The highest BCUT2D eigenvalue weighted by molar-refractivity contribution is 5.04. The first-order valence-electron chi connectivity index (χ1n) is 5.87. The third-order valence-electron chi connectivity index (χ3n) is 3.90. The van der Waals surface area contributed by atoms with Crippen molar-refractivity contribution < 1.29 is 4.74 Å². The van der Waals surface area contributed by atoms with Crippen LogP contribution in [0.5, 0.6) is 0 Å². The van der Waals surface area contributed by atoms with Crippen LogP contribution in [0.2, 0.25) is 0 Å². The standard InChI is InChI=1S/C11H20N2O/c1-8(2)12-6-9(7-12)13-3-4-14-11-5-10(11)13/h8-11H,3-7H2,1-2H3. The Morgan fingerprint density at radius 3 is 2.79 bits per heavy atom. The smallest absolute Gasteiger partial charge is 0.0747 e. The van der Waals surface area contributed by atoms with E-state index in [0.717, 1.165) is 31.3 Å².